The van der Waals surface area contributed by atoms with Crippen LogP contribution in [0.1, 0.15) is 59.0 Å². The molecule has 3 fully saturated rings. The zero-order valence-electron chi connectivity index (χ0n) is 16.1. The van der Waals surface area contributed by atoms with Crippen molar-refractivity contribution in [1.82, 2.24) is 25.0 Å². The number of nitrogens with zero attached hydrogens (tertiary/aromatic N) is 4. The van der Waals surface area contributed by atoms with E-state index in [1.165, 1.54) is 0 Å². The van der Waals surface area contributed by atoms with E-state index in [1.807, 2.05) is 34.9 Å². The highest BCUT2D eigenvalue weighted by Gasteiger charge is 2.52. The Balaban J connectivity index is 1.31. The molecule has 146 valence electrons. The fourth-order valence-corrected chi connectivity index (χ4v) is 4.68. The number of carbonyl (C=O) groups excluding carboxylic acids is 2. The Labute approximate surface area is 164 Å². The summed E-state index contributed by atoms with van der Waals surface area (Å²) in [6.45, 7) is 4.33. The molecule has 1 aliphatic carbocycles. The normalized spacial score (nSPS) is 24.5. The third-order valence-corrected chi connectivity index (χ3v) is 6.47. The molecule has 2 aromatic rings. The predicted molar refractivity (Wildman–Crippen MR) is 103 cm³/mol. The molecule has 28 heavy (non-hydrogen) atoms. The molecule has 5 rings (SSSR count). The molecule has 1 saturated carbocycles. The highest BCUT2D eigenvalue weighted by Crippen LogP contribution is 2.44. The van der Waals surface area contributed by atoms with Gasteiger partial charge in [-0.25, -0.2) is 0 Å². The largest absolute Gasteiger partial charge is 0.337 e. The first kappa shape index (κ1) is 17.4. The predicted octanol–water partition coefficient (Wildman–Crippen LogP) is 2.26. The molecule has 0 aromatic carbocycles. The second-order valence-corrected chi connectivity index (χ2v) is 8.44. The number of amides is 2. The summed E-state index contributed by atoms with van der Waals surface area (Å²) in [7, 11) is 0. The zero-order valence-corrected chi connectivity index (χ0v) is 16.1. The minimum Gasteiger partial charge on any atom is -0.337 e. The molecule has 2 aromatic heterocycles. The molecular weight excluding hydrogens is 354 g/mol. The quantitative estimate of drug-likeness (QED) is 0.883. The lowest BCUT2D eigenvalue weighted by Gasteiger charge is -2.23. The van der Waals surface area contributed by atoms with Gasteiger partial charge in [-0.05, 0) is 44.7 Å². The summed E-state index contributed by atoms with van der Waals surface area (Å²) in [6.07, 6.45) is 5.52. The van der Waals surface area contributed by atoms with E-state index in [2.05, 4.69) is 15.2 Å². The number of hydrogen-bond acceptors (Lipinski definition) is 4. The molecule has 3 aliphatic rings. The molecule has 7 heteroatoms. The summed E-state index contributed by atoms with van der Waals surface area (Å²) < 4.78 is 0. The third kappa shape index (κ3) is 2.80. The first-order valence-corrected chi connectivity index (χ1v) is 10.1. The van der Waals surface area contributed by atoms with Gasteiger partial charge in [0.25, 0.3) is 5.91 Å². The van der Waals surface area contributed by atoms with Crippen LogP contribution in [0.3, 0.4) is 0 Å². The van der Waals surface area contributed by atoms with E-state index < -0.39 is 5.41 Å². The number of likely N-dealkylation sites (tertiary alicyclic amines) is 2. The maximum Gasteiger partial charge on any atom is 0.257 e. The Morgan fingerprint density at radius 1 is 1.29 bits per heavy atom. The van der Waals surface area contributed by atoms with Gasteiger partial charge in [-0.15, -0.1) is 0 Å². The topological polar surface area (TPSA) is 82.2 Å². The van der Waals surface area contributed by atoms with Gasteiger partial charge in [-0.1, -0.05) is 6.07 Å². The highest BCUT2D eigenvalue weighted by atomic mass is 16.2. The molecular formula is C21H25N5O2. The van der Waals surface area contributed by atoms with Crippen LogP contribution in [0.4, 0.5) is 0 Å². The maximum atomic E-state index is 13.2. The van der Waals surface area contributed by atoms with E-state index in [1.54, 1.807) is 6.20 Å². The average Bonchev–Trinajstić information content (AvgIpc) is 3.24. The zero-order chi connectivity index (χ0) is 19.3. The Morgan fingerprint density at radius 3 is 2.86 bits per heavy atom. The molecule has 2 amide bonds. The number of H-pyrrole nitrogens is 1. The maximum absolute atomic E-state index is 13.2. The molecule has 2 saturated heterocycles. The van der Waals surface area contributed by atoms with Gasteiger partial charge < -0.3 is 9.80 Å². The first-order chi connectivity index (χ1) is 13.6. The van der Waals surface area contributed by atoms with Crippen LogP contribution < -0.4 is 0 Å². The number of pyridine rings is 1. The number of aromatic nitrogens is 3. The highest BCUT2D eigenvalue weighted by molar-refractivity contribution is 5.98. The van der Waals surface area contributed by atoms with Crippen molar-refractivity contribution in [2.45, 2.75) is 45.1 Å². The van der Waals surface area contributed by atoms with E-state index in [9.17, 15) is 9.59 Å². The smallest absolute Gasteiger partial charge is 0.257 e. The molecule has 4 heterocycles. The summed E-state index contributed by atoms with van der Waals surface area (Å²) in [5, 5.41) is 7.37. The monoisotopic (exact) mass is 379 g/mol. The van der Waals surface area contributed by atoms with Gasteiger partial charge in [0.2, 0.25) is 5.91 Å². The van der Waals surface area contributed by atoms with Gasteiger partial charge in [0.1, 0.15) is 0 Å². The molecule has 1 unspecified atom stereocenters. The van der Waals surface area contributed by atoms with Crippen LogP contribution in [0.2, 0.25) is 0 Å². The van der Waals surface area contributed by atoms with E-state index in [-0.39, 0.29) is 11.8 Å². The minimum atomic E-state index is -0.429. The van der Waals surface area contributed by atoms with Crippen molar-refractivity contribution < 1.29 is 9.59 Å². The Bertz CT molecular complexity index is 920. The van der Waals surface area contributed by atoms with Gasteiger partial charge in [0, 0.05) is 37.4 Å². The Morgan fingerprint density at radius 2 is 2.11 bits per heavy atom. The Hall–Kier alpha value is -2.70. The second kappa shape index (κ2) is 6.43. The SMILES string of the molecule is Cc1[nH]nc(C2CC2)c1C(=O)N1CCC2(CCN(Cc3ccccn3)C2=O)C1. The van der Waals surface area contributed by atoms with Crippen LogP contribution in [0.15, 0.2) is 24.4 Å². The van der Waals surface area contributed by atoms with Crippen molar-refractivity contribution in [3.05, 3.63) is 47.0 Å². The lowest BCUT2D eigenvalue weighted by atomic mass is 9.85. The van der Waals surface area contributed by atoms with Crippen LogP contribution >= 0.6 is 0 Å². The van der Waals surface area contributed by atoms with Crippen molar-refractivity contribution in [1.29, 1.82) is 0 Å². The van der Waals surface area contributed by atoms with Gasteiger partial charge in [0.15, 0.2) is 0 Å². The van der Waals surface area contributed by atoms with E-state index in [0.29, 0.717) is 25.6 Å². The molecule has 0 bridgehead atoms. The number of nitrogens with one attached hydrogen (secondary N) is 1. The molecule has 1 spiro atoms. The van der Waals surface area contributed by atoms with Crippen molar-refractivity contribution >= 4 is 11.8 Å². The van der Waals surface area contributed by atoms with Crippen LogP contribution in [-0.4, -0.2) is 56.4 Å². The number of aryl methyl sites for hydroxylation is 1. The number of hydrogen-bond donors (Lipinski definition) is 1. The number of rotatable bonds is 4. The molecule has 7 nitrogen and oxygen atoms in total. The summed E-state index contributed by atoms with van der Waals surface area (Å²) in [6, 6.07) is 5.77. The third-order valence-electron chi connectivity index (χ3n) is 6.47. The summed E-state index contributed by atoms with van der Waals surface area (Å²) in [5.74, 6) is 0.614. The van der Waals surface area contributed by atoms with Gasteiger partial charge in [0.05, 0.1) is 28.9 Å². The lowest BCUT2D eigenvalue weighted by molar-refractivity contribution is -0.135. The van der Waals surface area contributed by atoms with Crippen molar-refractivity contribution in [2.75, 3.05) is 19.6 Å². The average molecular weight is 379 g/mol. The van der Waals surface area contributed by atoms with Crippen molar-refractivity contribution in [3.8, 4) is 0 Å². The van der Waals surface area contributed by atoms with Crippen LogP contribution in [0, 0.1) is 12.3 Å². The van der Waals surface area contributed by atoms with E-state index >= 15 is 0 Å². The number of carbonyl (C=O) groups is 2. The second-order valence-electron chi connectivity index (χ2n) is 8.44. The molecule has 1 N–H and O–H groups in total. The van der Waals surface area contributed by atoms with Crippen LogP contribution in [-0.2, 0) is 11.3 Å². The summed E-state index contributed by atoms with van der Waals surface area (Å²) in [5.41, 5.74) is 2.96. The van der Waals surface area contributed by atoms with Gasteiger partial charge >= 0.3 is 0 Å². The van der Waals surface area contributed by atoms with Crippen LogP contribution in [0.5, 0.6) is 0 Å². The Kier molecular flexibility index (Phi) is 4.00. The van der Waals surface area contributed by atoms with E-state index in [4.69, 9.17) is 0 Å². The summed E-state index contributed by atoms with van der Waals surface area (Å²) >= 11 is 0. The molecule has 2 aliphatic heterocycles. The van der Waals surface area contributed by atoms with E-state index in [0.717, 1.165) is 54.9 Å². The molecule has 0 radical (unpaired) electrons. The summed E-state index contributed by atoms with van der Waals surface area (Å²) in [4.78, 5) is 34.5. The molecule has 1 atom stereocenters. The fraction of sp³-hybridized carbons (Fsp3) is 0.524. The van der Waals surface area contributed by atoms with Crippen LogP contribution in [0.25, 0.3) is 0 Å². The lowest BCUT2D eigenvalue weighted by Crippen LogP contribution is -2.38. The first-order valence-electron chi connectivity index (χ1n) is 10.1. The number of aromatic amines is 1. The van der Waals surface area contributed by atoms with Crippen molar-refractivity contribution in [2.24, 2.45) is 5.41 Å². The fourth-order valence-electron chi connectivity index (χ4n) is 4.68. The minimum absolute atomic E-state index is 0.0287. The van der Waals surface area contributed by atoms with Gasteiger partial charge in [-0.3, -0.25) is 19.7 Å². The van der Waals surface area contributed by atoms with Crippen molar-refractivity contribution in [3.63, 3.8) is 0 Å². The van der Waals surface area contributed by atoms with Gasteiger partial charge in [-0.2, -0.15) is 5.10 Å². The standard InChI is InChI=1S/C21H25N5O2/c1-14-17(18(24-23-14)15-5-6-15)19(27)26-11-8-21(13-26)7-10-25(20(21)28)12-16-4-2-3-9-22-16/h2-4,9,15H,5-8,10-13H2,1H3,(H,23,24).